The molecule has 1 unspecified atom stereocenters. The van der Waals surface area contributed by atoms with Crippen LogP contribution in [0.3, 0.4) is 0 Å². The summed E-state index contributed by atoms with van der Waals surface area (Å²) < 4.78 is 5.47. The van der Waals surface area contributed by atoms with Crippen molar-refractivity contribution in [3.63, 3.8) is 0 Å². The number of nitro benzene ring substituents is 1. The molecule has 0 aliphatic heterocycles. The van der Waals surface area contributed by atoms with Crippen LogP contribution in [0.1, 0.15) is 26.7 Å². The molecule has 1 atom stereocenters. The van der Waals surface area contributed by atoms with Crippen LogP contribution < -0.4 is 10.1 Å². The number of rotatable bonds is 9. The lowest BCUT2D eigenvalue weighted by atomic mass is 10.2. The molecule has 0 saturated heterocycles. The van der Waals surface area contributed by atoms with E-state index in [0.29, 0.717) is 18.4 Å². The van der Waals surface area contributed by atoms with Crippen molar-refractivity contribution >= 4 is 23.1 Å². The summed E-state index contributed by atoms with van der Waals surface area (Å²) in [5.41, 5.74) is 0.871. The van der Waals surface area contributed by atoms with E-state index in [1.165, 1.54) is 6.07 Å². The van der Waals surface area contributed by atoms with Gasteiger partial charge in [-0.2, -0.15) is 11.8 Å². The second kappa shape index (κ2) is 8.68. The highest BCUT2D eigenvalue weighted by atomic mass is 32.2. The van der Waals surface area contributed by atoms with Gasteiger partial charge in [-0.25, -0.2) is 0 Å². The molecule has 20 heavy (non-hydrogen) atoms. The van der Waals surface area contributed by atoms with Gasteiger partial charge >= 0.3 is 5.69 Å². The van der Waals surface area contributed by atoms with E-state index in [-0.39, 0.29) is 5.69 Å². The smallest absolute Gasteiger partial charge is 0.311 e. The lowest BCUT2D eigenvalue weighted by Gasteiger charge is -2.15. The first-order chi connectivity index (χ1) is 9.58. The van der Waals surface area contributed by atoms with Crippen LogP contribution in [0.15, 0.2) is 18.2 Å². The molecule has 0 fully saturated rings. The molecule has 0 heterocycles. The summed E-state index contributed by atoms with van der Waals surface area (Å²) in [6.45, 7) is 4.55. The first-order valence-electron chi connectivity index (χ1n) is 6.75. The summed E-state index contributed by atoms with van der Waals surface area (Å²) in [5.74, 6) is 1.42. The van der Waals surface area contributed by atoms with Crippen LogP contribution >= 0.6 is 11.8 Å². The molecule has 1 aromatic carbocycles. The minimum atomic E-state index is -0.411. The Hall–Kier alpha value is -1.43. The molecule has 1 rings (SSSR count). The highest BCUT2D eigenvalue weighted by Gasteiger charge is 2.16. The van der Waals surface area contributed by atoms with Crippen LogP contribution in [0.4, 0.5) is 11.4 Å². The van der Waals surface area contributed by atoms with E-state index in [9.17, 15) is 10.1 Å². The first kappa shape index (κ1) is 16.6. The van der Waals surface area contributed by atoms with Crippen molar-refractivity contribution in [1.29, 1.82) is 0 Å². The second-order valence-corrected chi connectivity index (χ2v) is 5.60. The Balaban J connectivity index is 2.80. The van der Waals surface area contributed by atoms with E-state index in [1.54, 1.807) is 12.1 Å². The van der Waals surface area contributed by atoms with E-state index >= 15 is 0 Å². The zero-order valence-electron chi connectivity index (χ0n) is 12.2. The fourth-order valence-electron chi connectivity index (χ4n) is 1.73. The number of ether oxygens (including phenoxy) is 1. The van der Waals surface area contributed by atoms with Crippen LogP contribution in [-0.2, 0) is 0 Å². The number of nitro groups is 1. The normalized spacial score (nSPS) is 11.9. The predicted octanol–water partition coefficient (Wildman–Crippen LogP) is 3.94. The molecular weight excluding hydrogens is 276 g/mol. The minimum Gasteiger partial charge on any atom is -0.487 e. The lowest BCUT2D eigenvalue weighted by molar-refractivity contribution is -0.385. The van der Waals surface area contributed by atoms with Crippen LogP contribution in [0.25, 0.3) is 0 Å². The van der Waals surface area contributed by atoms with E-state index < -0.39 is 4.92 Å². The molecule has 0 aliphatic carbocycles. The maximum atomic E-state index is 11.0. The third-order valence-electron chi connectivity index (χ3n) is 2.79. The number of hydrogen-bond donors (Lipinski definition) is 1. The van der Waals surface area contributed by atoms with Crippen molar-refractivity contribution in [2.75, 3.05) is 23.9 Å². The van der Waals surface area contributed by atoms with Gasteiger partial charge in [-0.15, -0.1) is 0 Å². The molecule has 0 bridgehead atoms. The van der Waals surface area contributed by atoms with Gasteiger partial charge in [0.05, 0.1) is 11.5 Å². The molecule has 5 nitrogen and oxygen atoms in total. The number of nitrogens with one attached hydrogen (secondary N) is 1. The zero-order valence-corrected chi connectivity index (χ0v) is 13.0. The average Bonchev–Trinajstić information content (AvgIpc) is 2.42. The maximum absolute atomic E-state index is 11.0. The van der Waals surface area contributed by atoms with E-state index in [0.717, 1.165) is 24.3 Å². The fraction of sp³-hybridized carbons (Fsp3) is 0.571. The molecule has 0 radical (unpaired) electrons. The summed E-state index contributed by atoms with van der Waals surface area (Å²) in [7, 11) is 0. The van der Waals surface area contributed by atoms with Crippen LogP contribution in [0.5, 0.6) is 5.75 Å². The Labute approximate surface area is 124 Å². The highest BCUT2D eigenvalue weighted by molar-refractivity contribution is 7.98. The van der Waals surface area contributed by atoms with Gasteiger partial charge in [-0.3, -0.25) is 10.1 Å². The largest absolute Gasteiger partial charge is 0.487 e. The van der Waals surface area contributed by atoms with Gasteiger partial charge < -0.3 is 10.1 Å². The second-order valence-electron chi connectivity index (χ2n) is 4.61. The number of hydrogen-bond acceptors (Lipinski definition) is 5. The molecule has 0 aliphatic rings. The number of anilines is 1. The van der Waals surface area contributed by atoms with Crippen LogP contribution in [0, 0.1) is 10.1 Å². The maximum Gasteiger partial charge on any atom is 0.311 e. The quantitative estimate of drug-likeness (QED) is 0.552. The third-order valence-corrected chi connectivity index (χ3v) is 3.43. The van der Waals surface area contributed by atoms with Crippen molar-refractivity contribution in [1.82, 2.24) is 0 Å². The Morgan fingerprint density at radius 2 is 2.25 bits per heavy atom. The van der Waals surface area contributed by atoms with Gasteiger partial charge in [0.15, 0.2) is 5.75 Å². The van der Waals surface area contributed by atoms with Crippen molar-refractivity contribution in [2.45, 2.75) is 32.7 Å². The lowest BCUT2D eigenvalue weighted by Crippen LogP contribution is -2.16. The SMILES string of the molecule is CCCOc1cc(NC(C)CCSC)ccc1[N+](=O)[O-]. The number of benzene rings is 1. The highest BCUT2D eigenvalue weighted by Crippen LogP contribution is 2.30. The van der Waals surface area contributed by atoms with Gasteiger partial charge in [0.25, 0.3) is 0 Å². The number of nitrogens with zero attached hydrogens (tertiary/aromatic N) is 1. The van der Waals surface area contributed by atoms with E-state index in [4.69, 9.17) is 4.74 Å². The summed E-state index contributed by atoms with van der Waals surface area (Å²) >= 11 is 1.81. The monoisotopic (exact) mass is 298 g/mol. The van der Waals surface area contributed by atoms with Crippen LogP contribution in [0.2, 0.25) is 0 Å². The topological polar surface area (TPSA) is 64.4 Å². The van der Waals surface area contributed by atoms with Gasteiger partial charge in [-0.1, -0.05) is 6.92 Å². The van der Waals surface area contributed by atoms with Crippen molar-refractivity contribution < 1.29 is 9.66 Å². The van der Waals surface area contributed by atoms with Crippen LogP contribution in [-0.4, -0.2) is 29.6 Å². The van der Waals surface area contributed by atoms with Crippen molar-refractivity contribution in [2.24, 2.45) is 0 Å². The molecule has 0 saturated carbocycles. The summed E-state index contributed by atoms with van der Waals surface area (Å²) in [5, 5.41) is 14.3. The molecule has 6 heteroatoms. The fourth-order valence-corrected chi connectivity index (χ4v) is 2.32. The standard InChI is InChI=1S/C14H22N2O3S/c1-4-8-19-14-10-12(5-6-13(14)16(17)18)15-11(2)7-9-20-3/h5-6,10-11,15H,4,7-9H2,1-3H3. The summed E-state index contributed by atoms with van der Waals surface area (Å²) in [4.78, 5) is 10.6. The van der Waals surface area contributed by atoms with Gasteiger partial charge in [-0.05, 0) is 37.8 Å². The predicted molar refractivity (Wildman–Crippen MR) is 85.0 cm³/mol. The van der Waals surface area contributed by atoms with Crippen molar-refractivity contribution in [3.8, 4) is 5.75 Å². The Morgan fingerprint density at radius 3 is 2.85 bits per heavy atom. The molecule has 0 amide bonds. The molecule has 0 spiro atoms. The Kier molecular flexibility index (Phi) is 7.22. The molecule has 1 N–H and O–H groups in total. The molecule has 0 aromatic heterocycles. The van der Waals surface area contributed by atoms with Gasteiger partial charge in [0.2, 0.25) is 0 Å². The zero-order chi connectivity index (χ0) is 15.0. The Bertz CT molecular complexity index is 440. The number of thioether (sulfide) groups is 1. The molecule has 112 valence electrons. The Morgan fingerprint density at radius 1 is 1.50 bits per heavy atom. The first-order valence-corrected chi connectivity index (χ1v) is 8.14. The summed E-state index contributed by atoms with van der Waals surface area (Å²) in [6, 6.07) is 5.26. The third kappa shape index (κ3) is 5.28. The van der Waals surface area contributed by atoms with E-state index in [1.807, 2.05) is 18.7 Å². The molecular formula is C14H22N2O3S. The average molecular weight is 298 g/mol. The molecule has 1 aromatic rings. The minimum absolute atomic E-state index is 0.0146. The van der Waals surface area contributed by atoms with Gasteiger partial charge in [0, 0.05) is 23.9 Å². The van der Waals surface area contributed by atoms with Crippen molar-refractivity contribution in [3.05, 3.63) is 28.3 Å². The summed E-state index contributed by atoms with van der Waals surface area (Å²) in [6.07, 6.45) is 3.94. The van der Waals surface area contributed by atoms with Gasteiger partial charge in [0.1, 0.15) is 0 Å². The van der Waals surface area contributed by atoms with E-state index in [2.05, 4.69) is 18.5 Å².